The van der Waals surface area contributed by atoms with Crippen LogP contribution < -0.4 is 0 Å². The van der Waals surface area contributed by atoms with Crippen LogP contribution in [0.4, 0.5) is 0 Å². The molecular formula is C22H46O4Si. The molecule has 0 aromatic heterocycles. The number of ether oxygens (including phenoxy) is 1. The third-order valence-corrected chi connectivity index (χ3v) is 7.44. The van der Waals surface area contributed by atoms with Crippen LogP contribution in [0, 0.1) is 0 Å². The summed E-state index contributed by atoms with van der Waals surface area (Å²) in [5.74, 6) is 0. The first kappa shape index (κ1) is 26.8. The van der Waals surface area contributed by atoms with Gasteiger partial charge in [-0.2, -0.15) is 0 Å². The minimum atomic E-state index is -2.56. The lowest BCUT2D eigenvalue weighted by molar-refractivity contribution is 0.0622. The van der Waals surface area contributed by atoms with E-state index in [0.717, 1.165) is 13.0 Å². The molecule has 0 unspecified atom stereocenters. The molecule has 0 fully saturated rings. The molecule has 27 heavy (non-hydrogen) atoms. The number of rotatable bonds is 21. The third kappa shape index (κ3) is 16.5. The first-order chi connectivity index (χ1) is 13.2. The van der Waals surface area contributed by atoms with Crippen LogP contribution in [-0.4, -0.2) is 43.0 Å². The van der Waals surface area contributed by atoms with Crippen molar-refractivity contribution in [1.82, 2.24) is 0 Å². The molecule has 4 nitrogen and oxygen atoms in total. The molecule has 0 saturated carbocycles. The van der Waals surface area contributed by atoms with Crippen LogP contribution in [0.15, 0.2) is 12.2 Å². The second-order valence-corrected chi connectivity index (χ2v) is 10.2. The van der Waals surface area contributed by atoms with Gasteiger partial charge in [-0.25, -0.2) is 0 Å². The molecule has 0 aliphatic heterocycles. The molecule has 0 aromatic rings. The van der Waals surface area contributed by atoms with E-state index in [1.54, 1.807) is 21.3 Å². The zero-order valence-electron chi connectivity index (χ0n) is 18.6. The molecule has 0 spiro atoms. The van der Waals surface area contributed by atoms with E-state index in [4.69, 9.17) is 18.0 Å². The topological polar surface area (TPSA) is 36.9 Å². The fourth-order valence-electron chi connectivity index (χ4n) is 3.08. The molecule has 5 heteroatoms. The van der Waals surface area contributed by atoms with Gasteiger partial charge in [0.25, 0.3) is 0 Å². The van der Waals surface area contributed by atoms with Gasteiger partial charge in [-0.3, -0.25) is 0 Å². The Balaban J connectivity index is 3.28. The highest BCUT2D eigenvalue weighted by Crippen LogP contribution is 2.11. The molecule has 162 valence electrons. The molecule has 0 aliphatic rings. The van der Waals surface area contributed by atoms with Gasteiger partial charge in [0.15, 0.2) is 0 Å². The lowest BCUT2D eigenvalue weighted by atomic mass is 10.1. The summed E-state index contributed by atoms with van der Waals surface area (Å²) in [6, 6.07) is 0. The van der Waals surface area contributed by atoms with Crippen molar-refractivity contribution in [3.63, 3.8) is 0 Å². The Kier molecular flexibility index (Phi) is 20.4. The van der Waals surface area contributed by atoms with Gasteiger partial charge in [-0.05, 0) is 32.1 Å². The van der Waals surface area contributed by atoms with E-state index in [-0.39, 0.29) is 0 Å². The third-order valence-electron chi connectivity index (χ3n) is 5.01. The molecule has 0 N–H and O–H groups in total. The van der Waals surface area contributed by atoms with E-state index in [2.05, 4.69) is 19.1 Å². The van der Waals surface area contributed by atoms with Crippen LogP contribution >= 0.6 is 0 Å². The largest absolute Gasteiger partial charge is 0.527 e. The molecule has 0 amide bonds. The second kappa shape index (κ2) is 20.5. The predicted octanol–water partition coefficient (Wildman–Crippen LogP) is 6.46. The van der Waals surface area contributed by atoms with E-state index in [1.807, 2.05) is 0 Å². The summed E-state index contributed by atoms with van der Waals surface area (Å²) in [6.45, 7) is 3.03. The van der Waals surface area contributed by atoms with Gasteiger partial charge in [0, 0.05) is 27.9 Å². The molecule has 0 aromatic carbocycles. The van der Waals surface area contributed by atoms with Gasteiger partial charge in [0.05, 0.1) is 0 Å². The highest BCUT2D eigenvalue weighted by atomic mass is 28.4. The van der Waals surface area contributed by atoms with Crippen molar-refractivity contribution in [2.75, 3.05) is 34.2 Å². The van der Waals surface area contributed by atoms with Crippen molar-refractivity contribution in [3.05, 3.63) is 12.2 Å². The number of unbranched alkanes of at least 4 members (excludes halogenated alkanes) is 12. The van der Waals surface area contributed by atoms with Gasteiger partial charge in [-0.15, -0.1) is 0 Å². The molecule has 0 aliphatic carbocycles. The Labute approximate surface area is 170 Å². The Morgan fingerprint density at radius 1 is 0.593 bits per heavy atom. The van der Waals surface area contributed by atoms with Gasteiger partial charge in [-0.1, -0.05) is 76.9 Å². The van der Waals surface area contributed by atoms with Gasteiger partial charge < -0.3 is 18.0 Å². The molecule has 0 bridgehead atoms. The van der Waals surface area contributed by atoms with Crippen molar-refractivity contribution in [1.29, 1.82) is 0 Å². The maximum atomic E-state index is 5.67. The van der Waals surface area contributed by atoms with Crippen LogP contribution in [0.1, 0.15) is 96.8 Å². The lowest BCUT2D eigenvalue weighted by Crippen LogP contribution is -2.48. The maximum Gasteiger partial charge on any atom is 0.527 e. The van der Waals surface area contributed by atoms with E-state index in [1.165, 1.54) is 83.5 Å². The van der Waals surface area contributed by atoms with E-state index >= 15 is 0 Å². The fourth-order valence-corrected chi connectivity index (χ4v) is 4.32. The van der Waals surface area contributed by atoms with Crippen LogP contribution in [0.25, 0.3) is 0 Å². The van der Waals surface area contributed by atoms with Crippen LogP contribution in [-0.2, 0) is 18.0 Å². The summed E-state index contributed by atoms with van der Waals surface area (Å²) in [5, 5.41) is 0. The van der Waals surface area contributed by atoms with E-state index < -0.39 is 8.80 Å². The molecule has 0 atom stereocenters. The standard InChI is InChI=1S/C22H46O4Si/c1-5-6-7-8-9-10-11-12-13-14-15-16-17-18-19-20-21-26-22-27(23-2,24-3)25-4/h12-13H,5-11,14-22H2,1-4H3/b13-12-. The van der Waals surface area contributed by atoms with E-state index in [0.29, 0.717) is 6.23 Å². The monoisotopic (exact) mass is 402 g/mol. The van der Waals surface area contributed by atoms with Crippen LogP contribution in [0.5, 0.6) is 0 Å². The van der Waals surface area contributed by atoms with Crippen molar-refractivity contribution in [2.45, 2.75) is 96.8 Å². The highest BCUT2D eigenvalue weighted by molar-refractivity contribution is 6.60. The summed E-state index contributed by atoms with van der Waals surface area (Å²) in [7, 11) is 2.30. The number of allylic oxidation sites excluding steroid dienone is 2. The SMILES string of the molecule is CCCCCCCC/C=C\CCCCCCCCOC[Si](OC)(OC)OC. The highest BCUT2D eigenvalue weighted by Gasteiger charge is 2.38. The van der Waals surface area contributed by atoms with Gasteiger partial charge in [0.1, 0.15) is 6.23 Å². The first-order valence-electron chi connectivity index (χ1n) is 11.1. The van der Waals surface area contributed by atoms with Crippen LogP contribution in [0.2, 0.25) is 0 Å². The zero-order chi connectivity index (χ0) is 20.1. The minimum Gasteiger partial charge on any atom is -0.377 e. The smallest absolute Gasteiger partial charge is 0.377 e. The van der Waals surface area contributed by atoms with Gasteiger partial charge >= 0.3 is 8.80 Å². The molecule has 0 radical (unpaired) electrons. The maximum absolute atomic E-state index is 5.67. The fraction of sp³-hybridized carbons (Fsp3) is 0.909. The summed E-state index contributed by atoms with van der Waals surface area (Å²) < 4.78 is 21.7. The summed E-state index contributed by atoms with van der Waals surface area (Å²) in [5.41, 5.74) is 0. The van der Waals surface area contributed by atoms with Crippen molar-refractivity contribution in [3.8, 4) is 0 Å². The van der Waals surface area contributed by atoms with Crippen molar-refractivity contribution in [2.24, 2.45) is 0 Å². The number of hydrogen-bond donors (Lipinski definition) is 0. The normalized spacial score (nSPS) is 12.3. The van der Waals surface area contributed by atoms with Crippen LogP contribution in [0.3, 0.4) is 0 Å². The summed E-state index contributed by atoms with van der Waals surface area (Å²) in [4.78, 5) is 0. The first-order valence-corrected chi connectivity index (χ1v) is 13.1. The van der Waals surface area contributed by atoms with Gasteiger partial charge in [0.2, 0.25) is 0 Å². The molecular weight excluding hydrogens is 356 g/mol. The predicted molar refractivity (Wildman–Crippen MR) is 117 cm³/mol. The van der Waals surface area contributed by atoms with Crippen molar-refractivity contribution >= 4 is 8.80 Å². The Bertz CT molecular complexity index is 311. The quantitative estimate of drug-likeness (QED) is 0.125. The average molecular weight is 403 g/mol. The second-order valence-electron chi connectivity index (χ2n) is 7.29. The zero-order valence-corrected chi connectivity index (χ0v) is 19.6. The molecule has 0 saturated heterocycles. The van der Waals surface area contributed by atoms with Crippen molar-refractivity contribution < 1.29 is 18.0 Å². The number of hydrogen-bond acceptors (Lipinski definition) is 4. The Hall–Kier alpha value is -0.203. The molecule has 0 heterocycles. The summed E-state index contributed by atoms with van der Waals surface area (Å²) in [6.07, 6.45) is 23.7. The average Bonchev–Trinajstić information content (AvgIpc) is 2.70. The lowest BCUT2D eigenvalue weighted by Gasteiger charge is -2.23. The summed E-state index contributed by atoms with van der Waals surface area (Å²) >= 11 is 0. The Morgan fingerprint density at radius 3 is 1.52 bits per heavy atom. The van der Waals surface area contributed by atoms with E-state index in [9.17, 15) is 0 Å². The molecule has 0 rings (SSSR count). The Morgan fingerprint density at radius 2 is 1.04 bits per heavy atom. The minimum absolute atomic E-state index is 0.432.